The summed E-state index contributed by atoms with van der Waals surface area (Å²) in [5.41, 5.74) is 0. The van der Waals surface area contributed by atoms with Crippen LogP contribution in [0.2, 0.25) is 0 Å². The van der Waals surface area contributed by atoms with Crippen molar-refractivity contribution in [2.45, 2.75) is 0 Å². The minimum atomic E-state index is -0.359. The van der Waals surface area contributed by atoms with Crippen LogP contribution in [0, 0.1) is 0 Å². The van der Waals surface area contributed by atoms with Crippen LogP contribution in [-0.2, 0) is 19.1 Å². The Morgan fingerprint density at radius 2 is 1.93 bits per heavy atom. The second-order valence-corrected chi connectivity index (χ2v) is 3.09. The van der Waals surface area contributed by atoms with Gasteiger partial charge in [0.05, 0.1) is 26.8 Å². The highest BCUT2D eigenvalue weighted by molar-refractivity contribution is 5.79. The largest absolute Gasteiger partial charge is 0.468 e. The minimum absolute atomic E-state index is 0.105. The molecule has 6 heteroatoms. The summed E-state index contributed by atoms with van der Waals surface area (Å²) in [6.45, 7) is 1.22. The van der Waals surface area contributed by atoms with Crippen molar-refractivity contribution in [1.82, 2.24) is 10.2 Å². The van der Waals surface area contributed by atoms with Crippen molar-refractivity contribution in [2.75, 3.05) is 47.5 Å². The van der Waals surface area contributed by atoms with E-state index in [4.69, 9.17) is 4.74 Å². The summed E-state index contributed by atoms with van der Waals surface area (Å²) in [4.78, 5) is 23.7. The van der Waals surface area contributed by atoms with Gasteiger partial charge in [-0.05, 0) is 7.05 Å². The lowest BCUT2D eigenvalue weighted by Gasteiger charge is -2.14. The van der Waals surface area contributed by atoms with Crippen LogP contribution in [0.4, 0.5) is 0 Å². The first-order valence-corrected chi connectivity index (χ1v) is 4.61. The maximum absolute atomic E-state index is 11.2. The zero-order chi connectivity index (χ0) is 11.7. The zero-order valence-corrected chi connectivity index (χ0v) is 9.41. The summed E-state index contributed by atoms with van der Waals surface area (Å²) in [6.07, 6.45) is 0. The third-order valence-electron chi connectivity index (χ3n) is 1.67. The van der Waals surface area contributed by atoms with Crippen LogP contribution >= 0.6 is 0 Å². The van der Waals surface area contributed by atoms with Gasteiger partial charge in [0.2, 0.25) is 5.91 Å². The molecular formula is C9H18N2O4. The van der Waals surface area contributed by atoms with E-state index in [2.05, 4.69) is 10.1 Å². The van der Waals surface area contributed by atoms with Gasteiger partial charge in [-0.15, -0.1) is 0 Å². The van der Waals surface area contributed by atoms with Crippen molar-refractivity contribution in [3.8, 4) is 0 Å². The molecule has 0 unspecified atom stereocenters. The van der Waals surface area contributed by atoms with Gasteiger partial charge in [-0.2, -0.15) is 0 Å². The number of likely N-dealkylation sites (N-methyl/N-ethyl adjacent to an activating group) is 1. The molecular weight excluding hydrogens is 200 g/mol. The fraction of sp³-hybridized carbons (Fsp3) is 0.778. The molecule has 0 aliphatic heterocycles. The number of amides is 1. The Hall–Kier alpha value is -1.14. The lowest BCUT2D eigenvalue weighted by atomic mass is 10.4. The van der Waals surface area contributed by atoms with Crippen molar-refractivity contribution in [3.63, 3.8) is 0 Å². The van der Waals surface area contributed by atoms with E-state index in [-0.39, 0.29) is 25.0 Å². The average molecular weight is 218 g/mol. The van der Waals surface area contributed by atoms with Crippen molar-refractivity contribution in [3.05, 3.63) is 0 Å². The Balaban J connectivity index is 3.62. The Morgan fingerprint density at radius 3 is 2.47 bits per heavy atom. The first-order chi connectivity index (χ1) is 7.10. The summed E-state index contributed by atoms with van der Waals surface area (Å²) in [7, 11) is 4.55. The maximum Gasteiger partial charge on any atom is 0.319 e. The van der Waals surface area contributed by atoms with Crippen LogP contribution in [0.1, 0.15) is 0 Å². The van der Waals surface area contributed by atoms with E-state index < -0.39 is 0 Å². The average Bonchev–Trinajstić information content (AvgIpc) is 2.17. The highest BCUT2D eigenvalue weighted by atomic mass is 16.5. The molecule has 0 bridgehead atoms. The molecule has 88 valence electrons. The highest BCUT2D eigenvalue weighted by Crippen LogP contribution is 1.84. The minimum Gasteiger partial charge on any atom is -0.468 e. The number of esters is 1. The molecule has 0 aromatic rings. The predicted molar refractivity (Wildman–Crippen MR) is 54.4 cm³/mol. The van der Waals surface area contributed by atoms with Gasteiger partial charge >= 0.3 is 5.97 Å². The summed E-state index contributed by atoms with van der Waals surface area (Å²) < 4.78 is 9.25. The quantitative estimate of drug-likeness (QED) is 0.432. The normalized spacial score (nSPS) is 10.1. The Bertz CT molecular complexity index is 208. The molecule has 0 radical (unpaired) electrons. The van der Waals surface area contributed by atoms with Crippen LogP contribution in [-0.4, -0.2) is 64.3 Å². The third kappa shape index (κ3) is 7.90. The standard InChI is InChI=1S/C9H18N2O4/c1-11(7-9(13)15-3)6-8(12)10-4-5-14-2/h4-7H2,1-3H3,(H,10,12). The van der Waals surface area contributed by atoms with E-state index in [0.29, 0.717) is 13.2 Å². The van der Waals surface area contributed by atoms with Gasteiger partial charge in [0, 0.05) is 13.7 Å². The molecule has 1 amide bonds. The molecule has 0 aliphatic carbocycles. The van der Waals surface area contributed by atoms with Crippen molar-refractivity contribution in [1.29, 1.82) is 0 Å². The summed E-state index contributed by atoms with van der Waals surface area (Å²) >= 11 is 0. The molecule has 0 rings (SSSR count). The number of nitrogens with zero attached hydrogens (tertiary/aromatic N) is 1. The smallest absolute Gasteiger partial charge is 0.319 e. The predicted octanol–water partition coefficient (Wildman–Crippen LogP) is -1.15. The molecule has 0 saturated carbocycles. The fourth-order valence-corrected chi connectivity index (χ4v) is 0.934. The highest BCUT2D eigenvalue weighted by Gasteiger charge is 2.09. The molecule has 0 aliphatic rings. The number of rotatable bonds is 7. The molecule has 0 aromatic carbocycles. The second-order valence-electron chi connectivity index (χ2n) is 3.09. The van der Waals surface area contributed by atoms with E-state index in [0.717, 1.165) is 0 Å². The van der Waals surface area contributed by atoms with Gasteiger partial charge in [-0.1, -0.05) is 0 Å². The Morgan fingerprint density at radius 1 is 1.27 bits per heavy atom. The van der Waals surface area contributed by atoms with Gasteiger partial charge in [0.15, 0.2) is 0 Å². The van der Waals surface area contributed by atoms with Gasteiger partial charge < -0.3 is 14.8 Å². The molecule has 15 heavy (non-hydrogen) atoms. The Labute approximate surface area is 89.5 Å². The number of hydrogen-bond donors (Lipinski definition) is 1. The maximum atomic E-state index is 11.2. The number of methoxy groups -OCH3 is 2. The summed E-state index contributed by atoms with van der Waals surface area (Å²) in [6, 6.07) is 0. The number of ether oxygens (including phenoxy) is 2. The Kier molecular flexibility index (Phi) is 7.57. The fourth-order valence-electron chi connectivity index (χ4n) is 0.934. The molecule has 0 aromatic heterocycles. The molecule has 0 atom stereocenters. The monoisotopic (exact) mass is 218 g/mol. The number of hydrogen-bond acceptors (Lipinski definition) is 5. The van der Waals surface area contributed by atoms with Crippen LogP contribution in [0.15, 0.2) is 0 Å². The van der Waals surface area contributed by atoms with Crippen molar-refractivity contribution < 1.29 is 19.1 Å². The topological polar surface area (TPSA) is 67.9 Å². The van der Waals surface area contributed by atoms with Crippen LogP contribution < -0.4 is 5.32 Å². The second kappa shape index (κ2) is 8.19. The van der Waals surface area contributed by atoms with Crippen LogP contribution in [0.25, 0.3) is 0 Å². The molecule has 0 heterocycles. The van der Waals surface area contributed by atoms with Gasteiger partial charge in [-0.25, -0.2) is 0 Å². The number of nitrogens with one attached hydrogen (secondary N) is 1. The summed E-state index contributed by atoms with van der Waals surface area (Å²) in [5, 5.41) is 2.65. The van der Waals surface area contributed by atoms with E-state index in [1.807, 2.05) is 0 Å². The van der Waals surface area contributed by atoms with Crippen molar-refractivity contribution >= 4 is 11.9 Å². The van der Waals surface area contributed by atoms with E-state index in [9.17, 15) is 9.59 Å². The third-order valence-corrected chi connectivity index (χ3v) is 1.67. The molecule has 0 saturated heterocycles. The zero-order valence-electron chi connectivity index (χ0n) is 9.41. The van der Waals surface area contributed by atoms with E-state index in [1.54, 1.807) is 19.1 Å². The van der Waals surface area contributed by atoms with Crippen molar-refractivity contribution in [2.24, 2.45) is 0 Å². The molecule has 6 nitrogen and oxygen atoms in total. The van der Waals surface area contributed by atoms with Gasteiger partial charge in [0.1, 0.15) is 0 Å². The van der Waals surface area contributed by atoms with E-state index >= 15 is 0 Å². The molecule has 0 spiro atoms. The molecule has 0 fully saturated rings. The van der Waals surface area contributed by atoms with E-state index in [1.165, 1.54) is 7.11 Å². The van der Waals surface area contributed by atoms with Gasteiger partial charge in [0.25, 0.3) is 0 Å². The molecule has 1 N–H and O–H groups in total. The first kappa shape index (κ1) is 13.9. The van der Waals surface area contributed by atoms with Crippen LogP contribution in [0.5, 0.6) is 0 Å². The SMILES string of the molecule is COCCNC(=O)CN(C)CC(=O)OC. The number of carbonyl (C=O) groups excluding carboxylic acids is 2. The van der Waals surface area contributed by atoms with Gasteiger partial charge in [-0.3, -0.25) is 14.5 Å². The number of carbonyl (C=O) groups is 2. The first-order valence-electron chi connectivity index (χ1n) is 4.61. The lowest BCUT2D eigenvalue weighted by Crippen LogP contribution is -2.38. The summed E-state index contributed by atoms with van der Waals surface area (Å²) in [5.74, 6) is -0.499. The lowest BCUT2D eigenvalue weighted by molar-refractivity contribution is -0.141. The van der Waals surface area contributed by atoms with Crippen LogP contribution in [0.3, 0.4) is 0 Å².